The van der Waals surface area contributed by atoms with Gasteiger partial charge in [0.15, 0.2) is 5.25 Å². The first-order chi connectivity index (χ1) is 11.8. The molecule has 2 aromatic carbocycles. The first-order valence-corrected chi connectivity index (χ1v) is 8.17. The second kappa shape index (κ2) is 6.44. The molecule has 0 aromatic heterocycles. The summed E-state index contributed by atoms with van der Waals surface area (Å²) in [5, 5.41) is 1.34. The lowest BCUT2D eigenvalue weighted by molar-refractivity contribution is -0.137. The highest BCUT2D eigenvalue weighted by molar-refractivity contribution is 8.01. The number of para-hydroxylation sites is 1. The minimum Gasteiger partial charge on any atom is -0.325 e. The van der Waals surface area contributed by atoms with Crippen molar-refractivity contribution in [3.05, 3.63) is 54.1 Å². The number of thioether (sulfide) groups is 1. The Kier molecular flexibility index (Phi) is 4.47. The van der Waals surface area contributed by atoms with Gasteiger partial charge >= 0.3 is 6.18 Å². The number of alkyl halides is 3. The molecule has 1 aliphatic rings. The Morgan fingerprint density at radius 1 is 1.16 bits per heavy atom. The maximum Gasteiger partial charge on any atom is 0.416 e. The predicted octanol–water partition coefficient (Wildman–Crippen LogP) is 3.78. The molecule has 4 nitrogen and oxygen atoms in total. The Morgan fingerprint density at radius 3 is 2.60 bits per heavy atom. The summed E-state index contributed by atoms with van der Waals surface area (Å²) in [4.78, 5) is 27.0. The summed E-state index contributed by atoms with van der Waals surface area (Å²) in [7, 11) is 1.56. The molecule has 3 rings (SSSR count). The van der Waals surface area contributed by atoms with Gasteiger partial charge in [0.05, 0.1) is 11.3 Å². The van der Waals surface area contributed by atoms with Gasteiger partial charge in [0.1, 0.15) is 0 Å². The first kappa shape index (κ1) is 17.3. The molecule has 1 heterocycles. The van der Waals surface area contributed by atoms with Crippen molar-refractivity contribution in [3.63, 3.8) is 0 Å². The maximum atomic E-state index is 12.8. The molecule has 0 saturated heterocycles. The fourth-order valence-corrected chi connectivity index (χ4v) is 3.61. The van der Waals surface area contributed by atoms with Crippen molar-refractivity contribution in [1.82, 2.24) is 0 Å². The van der Waals surface area contributed by atoms with Crippen molar-refractivity contribution in [3.8, 4) is 0 Å². The second-order valence-corrected chi connectivity index (χ2v) is 6.58. The van der Waals surface area contributed by atoms with Crippen LogP contribution in [0.4, 0.5) is 24.5 Å². The van der Waals surface area contributed by atoms with E-state index < -0.39 is 28.8 Å². The number of fused-ring (bicyclic) bond motifs is 1. The van der Waals surface area contributed by atoms with E-state index in [2.05, 4.69) is 5.32 Å². The molecule has 0 spiro atoms. The van der Waals surface area contributed by atoms with Gasteiger partial charge in [-0.1, -0.05) is 18.2 Å². The van der Waals surface area contributed by atoms with Crippen LogP contribution in [0.3, 0.4) is 0 Å². The number of benzene rings is 2. The third kappa shape index (κ3) is 3.48. The number of halogens is 3. The third-order valence-electron chi connectivity index (χ3n) is 3.72. The molecule has 1 N–H and O–H groups in total. The van der Waals surface area contributed by atoms with Gasteiger partial charge in [-0.15, -0.1) is 11.8 Å². The zero-order chi connectivity index (χ0) is 18.2. The largest absolute Gasteiger partial charge is 0.416 e. The van der Waals surface area contributed by atoms with E-state index >= 15 is 0 Å². The lowest BCUT2D eigenvalue weighted by atomic mass is 10.2. The molecule has 0 bridgehead atoms. The highest BCUT2D eigenvalue weighted by atomic mass is 32.2. The summed E-state index contributed by atoms with van der Waals surface area (Å²) >= 11 is 1.08. The van der Waals surface area contributed by atoms with Gasteiger partial charge in [-0.2, -0.15) is 13.2 Å². The average molecular weight is 366 g/mol. The summed E-state index contributed by atoms with van der Waals surface area (Å²) in [6.07, 6.45) is -4.50. The molecule has 1 aliphatic heterocycles. The summed E-state index contributed by atoms with van der Waals surface area (Å²) in [5.41, 5.74) is -0.175. The van der Waals surface area contributed by atoms with E-state index in [4.69, 9.17) is 0 Å². The number of carbonyl (C=O) groups excluding carboxylic acids is 2. The van der Waals surface area contributed by atoms with Crippen molar-refractivity contribution in [2.24, 2.45) is 0 Å². The van der Waals surface area contributed by atoms with E-state index in [0.717, 1.165) is 28.8 Å². The Hall–Kier alpha value is -2.48. The number of amides is 2. The Bertz CT molecular complexity index is 839. The topological polar surface area (TPSA) is 49.4 Å². The summed E-state index contributed by atoms with van der Waals surface area (Å²) in [5.74, 6) is -1.08. The molecule has 2 amide bonds. The molecular weight excluding hydrogens is 353 g/mol. The number of nitrogens with zero attached hydrogens (tertiary/aromatic N) is 1. The quantitative estimate of drug-likeness (QED) is 0.823. The normalized spacial score (nSPS) is 17.2. The van der Waals surface area contributed by atoms with Crippen LogP contribution in [-0.4, -0.2) is 24.1 Å². The van der Waals surface area contributed by atoms with Gasteiger partial charge in [-0.3, -0.25) is 9.59 Å². The van der Waals surface area contributed by atoms with Gasteiger partial charge in [-0.25, -0.2) is 0 Å². The highest BCUT2D eigenvalue weighted by Gasteiger charge is 2.37. The third-order valence-corrected chi connectivity index (χ3v) is 4.97. The van der Waals surface area contributed by atoms with Crippen LogP contribution in [0, 0.1) is 0 Å². The van der Waals surface area contributed by atoms with Gasteiger partial charge in [0.2, 0.25) is 11.8 Å². The van der Waals surface area contributed by atoms with E-state index in [1.54, 1.807) is 31.3 Å². The van der Waals surface area contributed by atoms with Crippen LogP contribution >= 0.6 is 11.8 Å². The zero-order valence-corrected chi connectivity index (χ0v) is 13.8. The number of hydrogen-bond donors (Lipinski definition) is 1. The standard InChI is InChI=1S/C17H13F3N2O2S/c1-22-12-7-2-3-8-13(12)25-14(16(22)24)15(23)21-11-6-4-5-10(9-11)17(18,19)20/h2-9,14H,1H3,(H,21,23). The van der Waals surface area contributed by atoms with E-state index in [1.165, 1.54) is 17.0 Å². The van der Waals surface area contributed by atoms with Crippen LogP contribution in [-0.2, 0) is 15.8 Å². The monoisotopic (exact) mass is 366 g/mol. The van der Waals surface area contributed by atoms with E-state index in [9.17, 15) is 22.8 Å². The molecule has 25 heavy (non-hydrogen) atoms. The smallest absolute Gasteiger partial charge is 0.325 e. The number of anilines is 2. The minimum atomic E-state index is -4.50. The van der Waals surface area contributed by atoms with Crippen molar-refractivity contribution >= 4 is 35.0 Å². The maximum absolute atomic E-state index is 12.8. The lowest BCUT2D eigenvalue weighted by Gasteiger charge is -2.30. The lowest BCUT2D eigenvalue weighted by Crippen LogP contribution is -2.44. The first-order valence-electron chi connectivity index (χ1n) is 7.29. The summed E-state index contributed by atoms with van der Waals surface area (Å²) < 4.78 is 38.3. The average Bonchev–Trinajstić information content (AvgIpc) is 2.57. The minimum absolute atomic E-state index is 0.00487. The van der Waals surface area contributed by atoms with E-state index in [0.29, 0.717) is 5.69 Å². The van der Waals surface area contributed by atoms with Crippen LogP contribution in [0.15, 0.2) is 53.4 Å². The Labute approximate surface area is 146 Å². The molecule has 8 heteroatoms. The molecule has 2 aromatic rings. The number of rotatable bonds is 2. The molecule has 0 aliphatic carbocycles. The van der Waals surface area contributed by atoms with Crippen molar-refractivity contribution < 1.29 is 22.8 Å². The Balaban J connectivity index is 1.82. The van der Waals surface area contributed by atoms with E-state index in [-0.39, 0.29) is 5.69 Å². The predicted molar refractivity (Wildman–Crippen MR) is 89.6 cm³/mol. The van der Waals surface area contributed by atoms with Crippen LogP contribution in [0.25, 0.3) is 0 Å². The molecule has 0 fully saturated rings. The number of carbonyl (C=O) groups is 2. The number of nitrogens with one attached hydrogen (secondary N) is 1. The van der Waals surface area contributed by atoms with E-state index in [1.807, 2.05) is 0 Å². The van der Waals surface area contributed by atoms with Gasteiger partial charge in [-0.05, 0) is 30.3 Å². The van der Waals surface area contributed by atoms with Crippen LogP contribution in [0.2, 0.25) is 0 Å². The molecule has 130 valence electrons. The Morgan fingerprint density at radius 2 is 1.88 bits per heavy atom. The molecule has 1 unspecified atom stereocenters. The molecule has 0 radical (unpaired) electrons. The van der Waals surface area contributed by atoms with Gasteiger partial charge in [0.25, 0.3) is 0 Å². The van der Waals surface area contributed by atoms with Crippen molar-refractivity contribution in [2.75, 3.05) is 17.3 Å². The second-order valence-electron chi connectivity index (χ2n) is 5.43. The number of hydrogen-bond acceptors (Lipinski definition) is 3. The zero-order valence-electron chi connectivity index (χ0n) is 13.0. The van der Waals surface area contributed by atoms with Crippen molar-refractivity contribution in [1.29, 1.82) is 0 Å². The molecule has 1 atom stereocenters. The van der Waals surface area contributed by atoms with Crippen molar-refractivity contribution in [2.45, 2.75) is 16.3 Å². The summed E-state index contributed by atoms with van der Waals surface area (Å²) in [6, 6.07) is 11.4. The molecular formula is C17H13F3N2O2S. The van der Waals surface area contributed by atoms with Gasteiger partial charge < -0.3 is 10.2 Å². The van der Waals surface area contributed by atoms with Crippen LogP contribution in [0.5, 0.6) is 0 Å². The van der Waals surface area contributed by atoms with Crippen LogP contribution < -0.4 is 10.2 Å². The van der Waals surface area contributed by atoms with Crippen LogP contribution in [0.1, 0.15) is 5.56 Å². The fourth-order valence-electron chi connectivity index (χ4n) is 2.45. The fraction of sp³-hybridized carbons (Fsp3) is 0.176. The summed E-state index contributed by atoms with van der Waals surface area (Å²) in [6.45, 7) is 0. The highest BCUT2D eigenvalue weighted by Crippen LogP contribution is 2.38. The van der Waals surface area contributed by atoms with Gasteiger partial charge in [0, 0.05) is 17.6 Å². The SMILES string of the molecule is CN1C(=O)C(C(=O)Nc2cccc(C(F)(F)F)c2)Sc2ccccc21. The molecule has 0 saturated carbocycles.